The van der Waals surface area contributed by atoms with Crippen LogP contribution in [-0.4, -0.2) is 25.2 Å². The van der Waals surface area contributed by atoms with E-state index >= 15 is 0 Å². The smallest absolute Gasteiger partial charge is 0.243 e. The Bertz CT molecular complexity index is 779. The van der Waals surface area contributed by atoms with Crippen molar-refractivity contribution in [2.24, 2.45) is 5.73 Å². The molecule has 0 aliphatic heterocycles. The predicted molar refractivity (Wildman–Crippen MR) is 84.2 cm³/mol. The average molecular weight is 336 g/mol. The topological polar surface area (TPSA) is 80.5 Å². The molecule has 5 nitrogen and oxygen atoms in total. The van der Waals surface area contributed by atoms with E-state index in [2.05, 4.69) is 0 Å². The zero-order valence-electron chi connectivity index (χ0n) is 12.4. The zero-order valence-corrected chi connectivity index (χ0v) is 13.2. The lowest BCUT2D eigenvalue weighted by atomic mass is 10.2. The van der Waals surface area contributed by atoms with E-state index in [1.165, 1.54) is 18.2 Å². The number of nitrogens with zero attached hydrogens (tertiary/aromatic N) is 1. The number of carbonyl (C=O) groups excluding carboxylic acids is 1. The van der Waals surface area contributed by atoms with Crippen molar-refractivity contribution in [2.75, 3.05) is 6.54 Å². The molecule has 7 heteroatoms. The molecule has 2 N–H and O–H groups in total. The van der Waals surface area contributed by atoms with Gasteiger partial charge in [0.05, 0.1) is 4.90 Å². The van der Waals surface area contributed by atoms with Gasteiger partial charge in [0.2, 0.25) is 15.9 Å². The van der Waals surface area contributed by atoms with Gasteiger partial charge in [-0.2, -0.15) is 4.31 Å². The predicted octanol–water partition coefficient (Wildman–Crippen LogP) is 1.89. The summed E-state index contributed by atoms with van der Waals surface area (Å²) in [7, 11) is -3.93. The maximum absolute atomic E-state index is 13.3. The summed E-state index contributed by atoms with van der Waals surface area (Å²) < 4.78 is 39.9. The van der Waals surface area contributed by atoms with E-state index in [-0.39, 0.29) is 24.4 Å². The first-order valence-corrected chi connectivity index (χ1v) is 8.41. The van der Waals surface area contributed by atoms with Crippen LogP contribution in [0.2, 0.25) is 0 Å². The monoisotopic (exact) mass is 336 g/mol. The maximum atomic E-state index is 13.3. The molecule has 23 heavy (non-hydrogen) atoms. The molecule has 0 fully saturated rings. The van der Waals surface area contributed by atoms with Gasteiger partial charge in [-0.05, 0) is 23.8 Å². The Morgan fingerprint density at radius 3 is 2.39 bits per heavy atom. The highest BCUT2D eigenvalue weighted by molar-refractivity contribution is 7.89. The van der Waals surface area contributed by atoms with Crippen LogP contribution in [0.1, 0.15) is 12.0 Å². The number of halogens is 1. The van der Waals surface area contributed by atoms with Crippen molar-refractivity contribution in [1.82, 2.24) is 4.31 Å². The van der Waals surface area contributed by atoms with Gasteiger partial charge in [-0.3, -0.25) is 4.79 Å². The largest absolute Gasteiger partial charge is 0.370 e. The second-order valence-electron chi connectivity index (χ2n) is 5.00. The minimum absolute atomic E-state index is 0.0664. The van der Waals surface area contributed by atoms with Crippen LogP contribution in [0.25, 0.3) is 0 Å². The molecule has 0 saturated heterocycles. The van der Waals surface area contributed by atoms with E-state index in [1.807, 2.05) is 6.07 Å². The molecule has 0 saturated carbocycles. The Balaban J connectivity index is 2.33. The van der Waals surface area contributed by atoms with E-state index in [9.17, 15) is 17.6 Å². The van der Waals surface area contributed by atoms with E-state index in [0.717, 1.165) is 15.9 Å². The molecule has 122 valence electrons. The quantitative estimate of drug-likeness (QED) is 0.838. The maximum Gasteiger partial charge on any atom is 0.243 e. The first-order valence-electron chi connectivity index (χ1n) is 6.97. The van der Waals surface area contributed by atoms with Crippen molar-refractivity contribution in [3.63, 3.8) is 0 Å². The van der Waals surface area contributed by atoms with E-state index in [1.54, 1.807) is 24.3 Å². The van der Waals surface area contributed by atoms with Gasteiger partial charge in [0.15, 0.2) is 0 Å². The molecule has 0 radical (unpaired) electrons. The van der Waals surface area contributed by atoms with Crippen molar-refractivity contribution in [3.05, 3.63) is 66.0 Å². The van der Waals surface area contributed by atoms with Gasteiger partial charge in [-0.1, -0.05) is 36.4 Å². The molecule has 2 aromatic rings. The van der Waals surface area contributed by atoms with Gasteiger partial charge in [0, 0.05) is 19.5 Å². The Morgan fingerprint density at radius 2 is 1.78 bits per heavy atom. The lowest BCUT2D eigenvalue weighted by molar-refractivity contribution is -0.118. The van der Waals surface area contributed by atoms with Crippen LogP contribution >= 0.6 is 0 Å². The number of sulfonamides is 1. The highest BCUT2D eigenvalue weighted by Gasteiger charge is 2.25. The second kappa shape index (κ2) is 7.34. The molecular weight excluding hydrogens is 319 g/mol. The highest BCUT2D eigenvalue weighted by atomic mass is 32.2. The summed E-state index contributed by atoms with van der Waals surface area (Å²) >= 11 is 0. The third-order valence-corrected chi connectivity index (χ3v) is 5.08. The Morgan fingerprint density at radius 1 is 1.09 bits per heavy atom. The Kier molecular flexibility index (Phi) is 5.46. The van der Waals surface area contributed by atoms with Gasteiger partial charge in [-0.15, -0.1) is 0 Å². The molecule has 0 bridgehead atoms. The molecule has 1 amide bonds. The van der Waals surface area contributed by atoms with E-state index in [0.29, 0.717) is 0 Å². The molecule has 2 rings (SSSR count). The minimum Gasteiger partial charge on any atom is -0.370 e. The normalized spacial score (nSPS) is 11.6. The molecule has 0 aromatic heterocycles. The second-order valence-corrected chi connectivity index (χ2v) is 6.94. The number of hydrogen-bond donors (Lipinski definition) is 1. The number of primary amides is 1. The van der Waals surface area contributed by atoms with Crippen LogP contribution in [0.5, 0.6) is 0 Å². The van der Waals surface area contributed by atoms with Gasteiger partial charge in [0.1, 0.15) is 5.82 Å². The summed E-state index contributed by atoms with van der Waals surface area (Å²) in [6, 6.07) is 13.7. The molecule has 0 aliphatic carbocycles. The van der Waals surface area contributed by atoms with Crippen molar-refractivity contribution < 1.29 is 17.6 Å². The SMILES string of the molecule is NC(=O)CCN(Cc1ccccc1)S(=O)(=O)c1cccc(F)c1. The zero-order chi connectivity index (χ0) is 16.9. The average Bonchev–Trinajstić information content (AvgIpc) is 2.52. The third kappa shape index (κ3) is 4.61. The lowest BCUT2D eigenvalue weighted by Gasteiger charge is -2.22. The molecular formula is C16H17FN2O3S. The standard InChI is InChI=1S/C16H17FN2O3S/c17-14-7-4-8-15(11-14)23(21,22)19(10-9-16(18)20)12-13-5-2-1-3-6-13/h1-8,11H,9-10,12H2,(H2,18,20). The fraction of sp³-hybridized carbons (Fsp3) is 0.188. The fourth-order valence-electron chi connectivity index (χ4n) is 2.08. The molecule has 0 atom stereocenters. The van der Waals surface area contributed by atoms with Gasteiger partial charge in [-0.25, -0.2) is 12.8 Å². The van der Waals surface area contributed by atoms with Crippen LogP contribution in [0.15, 0.2) is 59.5 Å². The summed E-state index contributed by atoms with van der Waals surface area (Å²) in [4.78, 5) is 10.9. The number of carbonyl (C=O) groups is 1. The Labute approximate surface area is 134 Å². The van der Waals surface area contributed by atoms with Crippen LogP contribution in [-0.2, 0) is 21.4 Å². The summed E-state index contributed by atoms with van der Waals surface area (Å²) in [5.74, 6) is -1.24. The van der Waals surface area contributed by atoms with Crippen LogP contribution in [0, 0.1) is 5.82 Å². The summed E-state index contributed by atoms with van der Waals surface area (Å²) in [6.45, 7) is 0.00996. The van der Waals surface area contributed by atoms with Gasteiger partial charge in [0.25, 0.3) is 0 Å². The summed E-state index contributed by atoms with van der Waals surface area (Å²) in [5, 5.41) is 0. The van der Waals surface area contributed by atoms with Crippen LogP contribution in [0.4, 0.5) is 4.39 Å². The van der Waals surface area contributed by atoms with Gasteiger partial charge < -0.3 is 5.73 Å². The number of amides is 1. The minimum atomic E-state index is -3.93. The number of hydrogen-bond acceptors (Lipinski definition) is 3. The number of nitrogens with two attached hydrogens (primary N) is 1. The first kappa shape index (κ1) is 17.1. The van der Waals surface area contributed by atoms with Gasteiger partial charge >= 0.3 is 0 Å². The number of benzene rings is 2. The molecule has 2 aromatic carbocycles. The van der Waals surface area contributed by atoms with Crippen LogP contribution in [0.3, 0.4) is 0 Å². The molecule has 0 unspecified atom stereocenters. The molecule has 0 spiro atoms. The number of rotatable bonds is 7. The van der Waals surface area contributed by atoms with E-state index in [4.69, 9.17) is 5.73 Å². The fourth-order valence-corrected chi connectivity index (χ4v) is 3.54. The van der Waals surface area contributed by atoms with Crippen LogP contribution < -0.4 is 5.73 Å². The lowest BCUT2D eigenvalue weighted by Crippen LogP contribution is -2.33. The third-order valence-electron chi connectivity index (χ3n) is 3.24. The summed E-state index contributed by atoms with van der Waals surface area (Å²) in [6.07, 6.45) is -0.110. The molecule has 0 heterocycles. The van der Waals surface area contributed by atoms with Crippen molar-refractivity contribution >= 4 is 15.9 Å². The van der Waals surface area contributed by atoms with Crippen molar-refractivity contribution in [3.8, 4) is 0 Å². The highest BCUT2D eigenvalue weighted by Crippen LogP contribution is 2.19. The summed E-state index contributed by atoms with van der Waals surface area (Å²) in [5.41, 5.74) is 5.88. The first-order chi connectivity index (χ1) is 10.9. The molecule has 0 aliphatic rings. The Hall–Kier alpha value is -2.25. The van der Waals surface area contributed by atoms with Crippen molar-refractivity contribution in [1.29, 1.82) is 0 Å². The van der Waals surface area contributed by atoms with Crippen molar-refractivity contribution in [2.45, 2.75) is 17.9 Å². The van der Waals surface area contributed by atoms with E-state index < -0.39 is 21.7 Å².